The van der Waals surface area contributed by atoms with Gasteiger partial charge in [0.25, 0.3) is 5.56 Å². The van der Waals surface area contributed by atoms with Crippen LogP contribution in [0.5, 0.6) is 0 Å². The van der Waals surface area contributed by atoms with Gasteiger partial charge in [-0.1, -0.05) is 6.42 Å². The van der Waals surface area contributed by atoms with Crippen molar-refractivity contribution in [2.75, 3.05) is 11.9 Å². The van der Waals surface area contributed by atoms with E-state index in [1.54, 1.807) is 25.6 Å². The largest absolute Gasteiger partial charge is 0.466 e. The standard InChI is InChI=1S/C18H27N5O4/c1-5-23-15(24)13-14(22(4)18(23)26)20-17(21(13)3)19-12-9-7-8-11(10-12)16(25)27-6-2/h11-12H,5-10H2,1-4H3,(H,19,20). The summed E-state index contributed by atoms with van der Waals surface area (Å²) < 4.78 is 9.44. The van der Waals surface area contributed by atoms with Crippen LogP contribution in [0.1, 0.15) is 39.5 Å². The zero-order valence-electron chi connectivity index (χ0n) is 16.3. The molecule has 3 rings (SSSR count). The van der Waals surface area contributed by atoms with Crippen molar-refractivity contribution >= 4 is 23.1 Å². The molecule has 2 aromatic heterocycles. The quantitative estimate of drug-likeness (QED) is 0.780. The van der Waals surface area contributed by atoms with Crippen LogP contribution in [-0.4, -0.2) is 37.3 Å². The molecule has 27 heavy (non-hydrogen) atoms. The SMILES string of the molecule is CCOC(=O)C1CCCC(Nc2nc3c(c(=O)n(CC)c(=O)n3C)n2C)C1. The van der Waals surface area contributed by atoms with Crippen LogP contribution in [0.3, 0.4) is 0 Å². The summed E-state index contributed by atoms with van der Waals surface area (Å²) in [6.07, 6.45) is 3.33. The van der Waals surface area contributed by atoms with Gasteiger partial charge < -0.3 is 14.6 Å². The van der Waals surface area contributed by atoms with Crippen LogP contribution >= 0.6 is 0 Å². The molecule has 2 atom stereocenters. The fourth-order valence-electron chi connectivity index (χ4n) is 3.83. The Morgan fingerprint density at radius 3 is 2.63 bits per heavy atom. The van der Waals surface area contributed by atoms with Crippen LogP contribution in [0, 0.1) is 5.92 Å². The Kier molecular flexibility index (Phi) is 5.38. The predicted octanol–water partition coefficient (Wildman–Crippen LogP) is 0.987. The summed E-state index contributed by atoms with van der Waals surface area (Å²) in [6.45, 7) is 4.26. The van der Waals surface area contributed by atoms with E-state index in [0.717, 1.165) is 19.3 Å². The number of carbonyl (C=O) groups is 1. The minimum atomic E-state index is -0.375. The number of aromatic nitrogens is 4. The van der Waals surface area contributed by atoms with Gasteiger partial charge in [0.1, 0.15) is 0 Å². The summed E-state index contributed by atoms with van der Waals surface area (Å²) in [5.41, 5.74) is 0.0306. The van der Waals surface area contributed by atoms with E-state index < -0.39 is 0 Å². The number of imidazole rings is 1. The normalized spacial score (nSPS) is 20.0. The number of ether oxygens (including phenoxy) is 1. The highest BCUT2D eigenvalue weighted by Crippen LogP contribution is 2.28. The third kappa shape index (κ3) is 3.38. The highest BCUT2D eigenvalue weighted by molar-refractivity contribution is 5.74. The average Bonchev–Trinajstić information content (AvgIpc) is 2.97. The second kappa shape index (κ2) is 7.58. The van der Waals surface area contributed by atoms with Crippen LogP contribution in [0.4, 0.5) is 5.95 Å². The van der Waals surface area contributed by atoms with Gasteiger partial charge in [-0.15, -0.1) is 0 Å². The highest BCUT2D eigenvalue weighted by Gasteiger charge is 2.29. The van der Waals surface area contributed by atoms with E-state index in [0.29, 0.717) is 36.7 Å². The molecule has 0 saturated heterocycles. The maximum Gasteiger partial charge on any atom is 0.332 e. The topological polar surface area (TPSA) is 100 Å². The molecule has 0 aromatic carbocycles. The summed E-state index contributed by atoms with van der Waals surface area (Å²) in [5.74, 6) is 0.259. The maximum atomic E-state index is 12.7. The van der Waals surface area contributed by atoms with E-state index in [2.05, 4.69) is 10.3 Å². The summed E-state index contributed by atoms with van der Waals surface area (Å²) in [6, 6.07) is 0.0640. The van der Waals surface area contributed by atoms with Crippen molar-refractivity contribution in [3.05, 3.63) is 20.8 Å². The van der Waals surface area contributed by atoms with Crippen molar-refractivity contribution in [1.82, 2.24) is 18.7 Å². The molecule has 0 radical (unpaired) electrons. The van der Waals surface area contributed by atoms with E-state index in [1.165, 1.54) is 9.13 Å². The van der Waals surface area contributed by atoms with E-state index in [1.807, 2.05) is 6.92 Å². The van der Waals surface area contributed by atoms with Gasteiger partial charge >= 0.3 is 11.7 Å². The lowest BCUT2D eigenvalue weighted by molar-refractivity contribution is -0.149. The zero-order chi connectivity index (χ0) is 19.7. The van der Waals surface area contributed by atoms with Crippen LogP contribution in [-0.2, 0) is 30.2 Å². The molecule has 2 unspecified atom stereocenters. The number of hydrogen-bond acceptors (Lipinski definition) is 6. The number of rotatable bonds is 5. The van der Waals surface area contributed by atoms with Crippen molar-refractivity contribution in [2.45, 2.75) is 52.1 Å². The first kappa shape index (κ1) is 19.2. The number of fused-ring (bicyclic) bond motifs is 1. The number of aryl methyl sites for hydroxylation is 2. The second-order valence-corrected chi connectivity index (χ2v) is 7.01. The molecule has 0 aliphatic heterocycles. The molecule has 148 valence electrons. The Balaban J connectivity index is 1.92. The lowest BCUT2D eigenvalue weighted by atomic mass is 9.86. The monoisotopic (exact) mass is 377 g/mol. The molecule has 2 aromatic rings. The van der Waals surface area contributed by atoms with Crippen LogP contribution in [0.2, 0.25) is 0 Å². The predicted molar refractivity (Wildman–Crippen MR) is 102 cm³/mol. The van der Waals surface area contributed by atoms with Gasteiger partial charge in [-0.3, -0.25) is 18.7 Å². The third-order valence-electron chi connectivity index (χ3n) is 5.30. The molecule has 2 heterocycles. The second-order valence-electron chi connectivity index (χ2n) is 7.01. The zero-order valence-corrected chi connectivity index (χ0v) is 16.3. The minimum Gasteiger partial charge on any atom is -0.466 e. The number of carbonyl (C=O) groups excluding carboxylic acids is 1. The van der Waals surface area contributed by atoms with Crippen LogP contribution in [0.25, 0.3) is 11.2 Å². The smallest absolute Gasteiger partial charge is 0.332 e. The summed E-state index contributed by atoms with van der Waals surface area (Å²) in [7, 11) is 3.37. The number of nitrogens with zero attached hydrogens (tertiary/aromatic N) is 4. The van der Waals surface area contributed by atoms with Gasteiger partial charge in [0, 0.05) is 26.7 Å². The number of hydrogen-bond donors (Lipinski definition) is 1. The molecule has 9 nitrogen and oxygen atoms in total. The van der Waals surface area contributed by atoms with Gasteiger partial charge in [-0.25, -0.2) is 4.79 Å². The molecule has 1 saturated carbocycles. The summed E-state index contributed by atoms with van der Waals surface area (Å²) in [5, 5.41) is 3.36. The molecule has 1 N–H and O–H groups in total. The van der Waals surface area contributed by atoms with E-state index in [4.69, 9.17) is 4.74 Å². The molecule has 0 spiro atoms. The molecular formula is C18H27N5O4. The van der Waals surface area contributed by atoms with Crippen molar-refractivity contribution in [3.63, 3.8) is 0 Å². The lowest BCUT2D eigenvalue weighted by Gasteiger charge is -2.28. The minimum absolute atomic E-state index is 0.0640. The van der Waals surface area contributed by atoms with Gasteiger partial charge in [0.05, 0.1) is 12.5 Å². The van der Waals surface area contributed by atoms with Gasteiger partial charge in [0.15, 0.2) is 11.2 Å². The van der Waals surface area contributed by atoms with Gasteiger partial charge in [-0.2, -0.15) is 4.98 Å². The third-order valence-corrected chi connectivity index (χ3v) is 5.30. The number of anilines is 1. The molecule has 1 aliphatic rings. The Hall–Kier alpha value is -2.58. The van der Waals surface area contributed by atoms with Crippen molar-refractivity contribution in [2.24, 2.45) is 20.0 Å². The van der Waals surface area contributed by atoms with Gasteiger partial charge in [0.2, 0.25) is 5.95 Å². The van der Waals surface area contributed by atoms with E-state index >= 15 is 0 Å². The Bertz CT molecular complexity index is 971. The van der Waals surface area contributed by atoms with Crippen molar-refractivity contribution in [3.8, 4) is 0 Å². The Morgan fingerprint density at radius 1 is 1.22 bits per heavy atom. The molecular weight excluding hydrogens is 350 g/mol. The van der Waals surface area contributed by atoms with E-state index in [-0.39, 0.29) is 29.2 Å². The average molecular weight is 377 g/mol. The van der Waals surface area contributed by atoms with Crippen LogP contribution < -0.4 is 16.6 Å². The van der Waals surface area contributed by atoms with E-state index in [9.17, 15) is 14.4 Å². The summed E-state index contributed by atoms with van der Waals surface area (Å²) >= 11 is 0. The first-order chi connectivity index (χ1) is 12.9. The highest BCUT2D eigenvalue weighted by atomic mass is 16.5. The Labute approximate surface area is 156 Å². The number of nitrogens with one attached hydrogen (secondary N) is 1. The first-order valence-corrected chi connectivity index (χ1v) is 9.48. The lowest BCUT2D eigenvalue weighted by Crippen LogP contribution is -2.39. The maximum absolute atomic E-state index is 12.7. The molecule has 1 fully saturated rings. The fourth-order valence-corrected chi connectivity index (χ4v) is 3.83. The number of esters is 1. The van der Waals surface area contributed by atoms with Gasteiger partial charge in [-0.05, 0) is 33.1 Å². The van der Waals surface area contributed by atoms with Crippen molar-refractivity contribution < 1.29 is 9.53 Å². The Morgan fingerprint density at radius 2 is 1.96 bits per heavy atom. The van der Waals surface area contributed by atoms with Crippen LogP contribution in [0.15, 0.2) is 9.59 Å². The van der Waals surface area contributed by atoms with Crippen molar-refractivity contribution in [1.29, 1.82) is 0 Å². The molecule has 0 amide bonds. The fraction of sp³-hybridized carbons (Fsp3) is 0.667. The molecule has 0 bridgehead atoms. The first-order valence-electron chi connectivity index (χ1n) is 9.48. The molecule has 9 heteroatoms. The molecule has 1 aliphatic carbocycles. The summed E-state index contributed by atoms with van der Waals surface area (Å²) in [4.78, 5) is 41.5.